The normalized spacial score (nSPS) is 20.2. The molecule has 0 aliphatic carbocycles. The summed E-state index contributed by atoms with van der Waals surface area (Å²) in [4.78, 5) is 14.0. The molecular formula is C14H24N4O2. The Hall–Kier alpha value is -1.40. The zero-order chi connectivity index (χ0) is 14.9. The van der Waals surface area contributed by atoms with E-state index >= 15 is 0 Å². The molecule has 0 spiro atoms. The summed E-state index contributed by atoms with van der Waals surface area (Å²) in [5.74, 6) is -0.0285. The van der Waals surface area contributed by atoms with Crippen LogP contribution in [-0.2, 0) is 16.1 Å². The molecule has 20 heavy (non-hydrogen) atoms. The molecule has 1 saturated heterocycles. The molecule has 0 saturated carbocycles. The molecule has 1 aromatic heterocycles. The molecule has 0 aromatic carbocycles. The summed E-state index contributed by atoms with van der Waals surface area (Å²) in [7, 11) is 0. The lowest BCUT2D eigenvalue weighted by Crippen LogP contribution is -2.56. The number of morpholine rings is 1. The van der Waals surface area contributed by atoms with Gasteiger partial charge in [0.05, 0.1) is 30.5 Å². The van der Waals surface area contributed by atoms with Crippen molar-refractivity contribution in [1.82, 2.24) is 14.7 Å². The fourth-order valence-corrected chi connectivity index (χ4v) is 2.47. The maximum atomic E-state index is 12.2. The lowest BCUT2D eigenvalue weighted by atomic mass is 10.0. The summed E-state index contributed by atoms with van der Waals surface area (Å²) >= 11 is 0. The minimum atomic E-state index is -0.833. The second-order valence-electron chi connectivity index (χ2n) is 6.07. The lowest BCUT2D eigenvalue weighted by Gasteiger charge is -2.36. The second-order valence-corrected chi connectivity index (χ2v) is 6.07. The van der Waals surface area contributed by atoms with Gasteiger partial charge in [0.1, 0.15) is 0 Å². The average Bonchev–Trinajstić information content (AvgIpc) is 2.66. The van der Waals surface area contributed by atoms with Crippen LogP contribution in [0.5, 0.6) is 0 Å². The first-order valence-corrected chi connectivity index (χ1v) is 6.98. The Morgan fingerprint density at radius 2 is 2.25 bits per heavy atom. The molecule has 0 radical (unpaired) electrons. The van der Waals surface area contributed by atoms with Crippen molar-refractivity contribution in [3.63, 3.8) is 0 Å². The van der Waals surface area contributed by atoms with Crippen molar-refractivity contribution in [1.29, 1.82) is 0 Å². The molecule has 0 bridgehead atoms. The third-order valence-electron chi connectivity index (χ3n) is 3.46. The number of ether oxygens (including phenoxy) is 1. The number of hydrogen-bond acceptors (Lipinski definition) is 4. The van der Waals surface area contributed by atoms with Crippen LogP contribution in [0, 0.1) is 13.8 Å². The molecule has 1 atom stereocenters. The highest BCUT2D eigenvalue weighted by Gasteiger charge is 2.32. The summed E-state index contributed by atoms with van der Waals surface area (Å²) in [6.45, 7) is 9.85. The van der Waals surface area contributed by atoms with Crippen LogP contribution < -0.4 is 5.73 Å². The van der Waals surface area contributed by atoms with Gasteiger partial charge in [-0.05, 0) is 33.8 Å². The largest absolute Gasteiger partial charge is 0.373 e. The molecule has 1 aliphatic rings. The van der Waals surface area contributed by atoms with E-state index in [0.717, 1.165) is 11.4 Å². The SMILES string of the molecule is Cc1cc(C)n(CC2CN(C(=O)C(C)(C)N)CCO2)n1. The number of nitrogens with zero attached hydrogens (tertiary/aromatic N) is 3. The molecule has 2 rings (SSSR count). The fourth-order valence-electron chi connectivity index (χ4n) is 2.47. The van der Waals surface area contributed by atoms with Gasteiger partial charge in [-0.15, -0.1) is 0 Å². The summed E-state index contributed by atoms with van der Waals surface area (Å²) in [5, 5.41) is 4.43. The van der Waals surface area contributed by atoms with E-state index in [2.05, 4.69) is 5.10 Å². The van der Waals surface area contributed by atoms with Crippen molar-refractivity contribution >= 4 is 5.91 Å². The monoisotopic (exact) mass is 280 g/mol. The average molecular weight is 280 g/mol. The number of hydrogen-bond donors (Lipinski definition) is 1. The van der Waals surface area contributed by atoms with Crippen LogP contribution >= 0.6 is 0 Å². The Balaban J connectivity index is 2.01. The van der Waals surface area contributed by atoms with Crippen LogP contribution in [0.1, 0.15) is 25.2 Å². The Labute approximate surface area is 119 Å². The van der Waals surface area contributed by atoms with Crippen molar-refractivity contribution in [3.8, 4) is 0 Å². The zero-order valence-electron chi connectivity index (χ0n) is 12.7. The molecule has 2 N–H and O–H groups in total. The summed E-state index contributed by atoms with van der Waals surface area (Å²) in [5.41, 5.74) is 7.15. The van der Waals surface area contributed by atoms with Crippen molar-refractivity contribution in [2.75, 3.05) is 19.7 Å². The standard InChI is InChI=1S/C14H24N4O2/c1-10-7-11(2)18(16-10)9-12-8-17(5-6-20-12)13(19)14(3,4)15/h7,12H,5-6,8-9,15H2,1-4H3. The molecule has 1 aromatic rings. The highest BCUT2D eigenvalue weighted by Crippen LogP contribution is 2.13. The van der Waals surface area contributed by atoms with Crippen LogP contribution in [0.25, 0.3) is 0 Å². The molecule has 1 fully saturated rings. The minimum absolute atomic E-state index is 0.0285. The topological polar surface area (TPSA) is 73.4 Å². The third-order valence-corrected chi connectivity index (χ3v) is 3.46. The number of amides is 1. The number of aromatic nitrogens is 2. The highest BCUT2D eigenvalue weighted by atomic mass is 16.5. The Kier molecular flexibility index (Phi) is 4.15. The minimum Gasteiger partial charge on any atom is -0.373 e. The maximum absolute atomic E-state index is 12.2. The molecule has 2 heterocycles. The van der Waals surface area contributed by atoms with Crippen molar-refractivity contribution in [3.05, 3.63) is 17.5 Å². The third kappa shape index (κ3) is 3.37. The van der Waals surface area contributed by atoms with Crippen molar-refractivity contribution in [2.45, 2.75) is 45.9 Å². The van der Waals surface area contributed by atoms with Crippen LogP contribution in [0.15, 0.2) is 6.07 Å². The predicted molar refractivity (Wildman–Crippen MR) is 76.3 cm³/mol. The van der Waals surface area contributed by atoms with E-state index in [4.69, 9.17) is 10.5 Å². The summed E-state index contributed by atoms with van der Waals surface area (Å²) in [6.07, 6.45) is -0.0342. The molecule has 6 heteroatoms. The molecule has 1 aliphatic heterocycles. The number of carbonyl (C=O) groups is 1. The van der Waals surface area contributed by atoms with E-state index in [0.29, 0.717) is 26.2 Å². The maximum Gasteiger partial charge on any atom is 0.242 e. The first kappa shape index (κ1) is 15.0. The Morgan fingerprint density at radius 1 is 1.55 bits per heavy atom. The summed E-state index contributed by atoms with van der Waals surface area (Å²) in [6, 6.07) is 2.04. The van der Waals surface area contributed by atoms with Crippen LogP contribution in [0.3, 0.4) is 0 Å². The quantitative estimate of drug-likeness (QED) is 0.873. The van der Waals surface area contributed by atoms with Gasteiger partial charge in [-0.3, -0.25) is 9.48 Å². The van der Waals surface area contributed by atoms with Gasteiger partial charge in [0, 0.05) is 18.8 Å². The van der Waals surface area contributed by atoms with Gasteiger partial charge in [-0.2, -0.15) is 5.10 Å². The van der Waals surface area contributed by atoms with E-state index < -0.39 is 5.54 Å². The highest BCUT2D eigenvalue weighted by molar-refractivity contribution is 5.85. The number of carbonyl (C=O) groups excluding carboxylic acids is 1. The zero-order valence-corrected chi connectivity index (χ0v) is 12.7. The van der Waals surface area contributed by atoms with E-state index in [1.807, 2.05) is 24.6 Å². The van der Waals surface area contributed by atoms with Crippen molar-refractivity contribution in [2.24, 2.45) is 5.73 Å². The number of rotatable bonds is 3. The second kappa shape index (κ2) is 5.54. The summed E-state index contributed by atoms with van der Waals surface area (Å²) < 4.78 is 7.68. The van der Waals surface area contributed by atoms with E-state index in [9.17, 15) is 4.79 Å². The van der Waals surface area contributed by atoms with Crippen LogP contribution in [0.4, 0.5) is 0 Å². The van der Waals surface area contributed by atoms with Crippen LogP contribution in [-0.4, -0.2) is 51.9 Å². The molecule has 6 nitrogen and oxygen atoms in total. The van der Waals surface area contributed by atoms with E-state index in [1.54, 1.807) is 18.7 Å². The predicted octanol–water partition coefficient (Wildman–Crippen LogP) is 0.465. The Morgan fingerprint density at radius 3 is 2.80 bits per heavy atom. The smallest absolute Gasteiger partial charge is 0.242 e. The van der Waals surface area contributed by atoms with Gasteiger partial charge in [0.25, 0.3) is 0 Å². The van der Waals surface area contributed by atoms with Gasteiger partial charge in [0.2, 0.25) is 5.91 Å². The van der Waals surface area contributed by atoms with Gasteiger partial charge in [0.15, 0.2) is 0 Å². The molecular weight excluding hydrogens is 256 g/mol. The Bertz CT molecular complexity index is 490. The lowest BCUT2D eigenvalue weighted by molar-refractivity contribution is -0.143. The van der Waals surface area contributed by atoms with E-state index in [1.165, 1.54) is 0 Å². The first-order chi connectivity index (χ1) is 9.27. The van der Waals surface area contributed by atoms with E-state index in [-0.39, 0.29) is 12.0 Å². The molecule has 1 amide bonds. The van der Waals surface area contributed by atoms with Crippen LogP contribution in [0.2, 0.25) is 0 Å². The number of nitrogens with two attached hydrogens (primary N) is 1. The van der Waals surface area contributed by atoms with Gasteiger partial charge in [-0.25, -0.2) is 0 Å². The first-order valence-electron chi connectivity index (χ1n) is 6.98. The van der Waals surface area contributed by atoms with Gasteiger partial charge in [-0.1, -0.05) is 0 Å². The number of aryl methyl sites for hydroxylation is 2. The van der Waals surface area contributed by atoms with Crippen molar-refractivity contribution < 1.29 is 9.53 Å². The van der Waals surface area contributed by atoms with Gasteiger partial charge >= 0.3 is 0 Å². The fraction of sp³-hybridized carbons (Fsp3) is 0.714. The molecule has 1 unspecified atom stereocenters. The van der Waals surface area contributed by atoms with Gasteiger partial charge < -0.3 is 15.4 Å². The molecule has 112 valence electrons.